The molecule has 3 rings (SSSR count). The highest BCUT2D eigenvalue weighted by molar-refractivity contribution is 7.17. The van der Waals surface area contributed by atoms with Gasteiger partial charge in [-0.25, -0.2) is 4.98 Å². The molecular formula is C18H19Cl2N3O2S. The zero-order valence-electron chi connectivity index (χ0n) is 14.5. The average Bonchev–Trinajstić information content (AvgIpc) is 3.05. The first-order chi connectivity index (χ1) is 12.6. The zero-order chi connectivity index (χ0) is 18.5. The van der Waals surface area contributed by atoms with Crippen molar-refractivity contribution in [2.24, 2.45) is 0 Å². The van der Waals surface area contributed by atoms with Crippen LogP contribution in [0.2, 0.25) is 10.3 Å². The predicted molar refractivity (Wildman–Crippen MR) is 109 cm³/mol. The maximum atomic E-state index is 6.19. The summed E-state index contributed by atoms with van der Waals surface area (Å²) in [5, 5.41) is 3.99. The molecule has 0 radical (unpaired) electrons. The fourth-order valence-corrected chi connectivity index (χ4v) is 3.98. The number of thiophene rings is 1. The number of aromatic nitrogens is 2. The molecule has 3 aromatic rings. The van der Waals surface area contributed by atoms with Crippen LogP contribution in [0.4, 0.5) is 5.82 Å². The van der Waals surface area contributed by atoms with Crippen molar-refractivity contribution in [3.05, 3.63) is 40.0 Å². The topological polar surface area (TPSA) is 47.5 Å². The standard InChI is InChI=1S/C18H19Cl2N3O2S/c1-24-9-7-23(8-10-25-2)16-15-14(12-3-5-13(19)6-4-12)11-26-17(15)22-18(20)21-16/h3-6,11H,7-10H2,1-2H3. The predicted octanol–water partition coefficient (Wildman–Crippen LogP) is 4.76. The van der Waals surface area contributed by atoms with E-state index in [9.17, 15) is 0 Å². The molecule has 0 saturated heterocycles. The largest absolute Gasteiger partial charge is 0.383 e. The normalized spacial score (nSPS) is 11.2. The van der Waals surface area contributed by atoms with E-state index in [1.165, 1.54) is 0 Å². The van der Waals surface area contributed by atoms with Crippen LogP contribution in [0.3, 0.4) is 0 Å². The van der Waals surface area contributed by atoms with E-state index in [4.69, 9.17) is 32.7 Å². The smallest absolute Gasteiger partial charge is 0.225 e. The van der Waals surface area contributed by atoms with Gasteiger partial charge in [0.2, 0.25) is 5.28 Å². The van der Waals surface area contributed by atoms with Crippen molar-refractivity contribution < 1.29 is 9.47 Å². The first-order valence-electron chi connectivity index (χ1n) is 8.07. The minimum atomic E-state index is 0.233. The summed E-state index contributed by atoms with van der Waals surface area (Å²) in [7, 11) is 3.36. The molecule has 0 atom stereocenters. The van der Waals surface area contributed by atoms with Crippen LogP contribution in [0.5, 0.6) is 0 Å². The third kappa shape index (κ3) is 4.27. The molecule has 0 aliphatic heterocycles. The second kappa shape index (κ2) is 8.97. The van der Waals surface area contributed by atoms with E-state index in [1.807, 2.05) is 24.3 Å². The number of methoxy groups -OCH3 is 2. The molecule has 0 amide bonds. The Morgan fingerprint density at radius 2 is 1.65 bits per heavy atom. The number of anilines is 1. The molecule has 1 aromatic carbocycles. The van der Waals surface area contributed by atoms with Gasteiger partial charge < -0.3 is 14.4 Å². The molecule has 8 heteroatoms. The van der Waals surface area contributed by atoms with E-state index in [-0.39, 0.29) is 5.28 Å². The van der Waals surface area contributed by atoms with Crippen molar-refractivity contribution in [1.82, 2.24) is 9.97 Å². The van der Waals surface area contributed by atoms with E-state index < -0.39 is 0 Å². The number of nitrogens with zero attached hydrogens (tertiary/aromatic N) is 3. The molecular weight excluding hydrogens is 393 g/mol. The summed E-state index contributed by atoms with van der Waals surface area (Å²) in [5.41, 5.74) is 2.12. The van der Waals surface area contributed by atoms with Gasteiger partial charge in [0.25, 0.3) is 0 Å². The van der Waals surface area contributed by atoms with Crippen LogP contribution in [0.1, 0.15) is 0 Å². The Balaban J connectivity index is 2.12. The van der Waals surface area contributed by atoms with Crippen molar-refractivity contribution in [1.29, 1.82) is 0 Å². The number of halogens is 2. The third-order valence-corrected chi connectivity index (χ3v) is 5.27. The lowest BCUT2D eigenvalue weighted by Gasteiger charge is -2.24. The average molecular weight is 412 g/mol. The van der Waals surface area contributed by atoms with Crippen molar-refractivity contribution in [3.63, 3.8) is 0 Å². The highest BCUT2D eigenvalue weighted by atomic mass is 35.5. The van der Waals surface area contributed by atoms with Gasteiger partial charge >= 0.3 is 0 Å². The van der Waals surface area contributed by atoms with Crippen LogP contribution in [0.15, 0.2) is 29.6 Å². The van der Waals surface area contributed by atoms with Crippen molar-refractivity contribution >= 4 is 50.6 Å². The van der Waals surface area contributed by atoms with Gasteiger partial charge in [-0.15, -0.1) is 11.3 Å². The summed E-state index contributed by atoms with van der Waals surface area (Å²) in [6, 6.07) is 7.75. The van der Waals surface area contributed by atoms with Gasteiger partial charge in [-0.2, -0.15) is 4.98 Å². The molecule has 0 saturated carbocycles. The number of hydrogen-bond donors (Lipinski definition) is 0. The third-order valence-electron chi connectivity index (χ3n) is 3.97. The Hall–Kier alpha value is -1.44. The molecule has 2 aromatic heterocycles. The second-order valence-corrected chi connectivity index (χ2v) is 7.26. The number of hydrogen-bond acceptors (Lipinski definition) is 6. The fraction of sp³-hybridized carbons (Fsp3) is 0.333. The molecule has 26 heavy (non-hydrogen) atoms. The van der Waals surface area contributed by atoms with E-state index >= 15 is 0 Å². The number of ether oxygens (including phenoxy) is 2. The lowest BCUT2D eigenvalue weighted by Crippen LogP contribution is -2.31. The minimum absolute atomic E-state index is 0.233. The molecule has 0 bridgehead atoms. The van der Waals surface area contributed by atoms with Crippen molar-refractivity contribution in [2.75, 3.05) is 45.4 Å². The van der Waals surface area contributed by atoms with E-state index in [0.717, 1.165) is 27.2 Å². The van der Waals surface area contributed by atoms with Crippen molar-refractivity contribution in [3.8, 4) is 11.1 Å². The van der Waals surface area contributed by atoms with E-state index in [0.29, 0.717) is 31.3 Å². The lowest BCUT2D eigenvalue weighted by molar-refractivity contribution is 0.190. The molecule has 5 nitrogen and oxygen atoms in total. The Bertz CT molecular complexity index is 863. The summed E-state index contributed by atoms with van der Waals surface area (Å²) in [4.78, 5) is 11.9. The summed E-state index contributed by atoms with van der Waals surface area (Å²) < 4.78 is 10.5. The Labute approximate surface area is 166 Å². The van der Waals surface area contributed by atoms with Gasteiger partial charge in [-0.1, -0.05) is 23.7 Å². The number of rotatable bonds is 8. The van der Waals surface area contributed by atoms with Gasteiger partial charge in [0.1, 0.15) is 10.6 Å². The minimum Gasteiger partial charge on any atom is -0.383 e. The Morgan fingerprint density at radius 1 is 1.00 bits per heavy atom. The SMILES string of the molecule is COCCN(CCOC)c1nc(Cl)nc2scc(-c3ccc(Cl)cc3)c12. The number of fused-ring (bicyclic) bond motifs is 1. The Kier molecular flexibility index (Phi) is 6.67. The van der Waals surface area contributed by atoms with Crippen LogP contribution >= 0.6 is 34.5 Å². The molecule has 0 aliphatic rings. The molecule has 2 heterocycles. The van der Waals surface area contributed by atoms with Gasteiger partial charge in [0.15, 0.2) is 0 Å². The van der Waals surface area contributed by atoms with Crippen molar-refractivity contribution in [2.45, 2.75) is 0 Å². The molecule has 0 N–H and O–H groups in total. The van der Waals surface area contributed by atoms with Gasteiger partial charge in [0, 0.05) is 43.3 Å². The molecule has 138 valence electrons. The maximum Gasteiger partial charge on any atom is 0.225 e. The fourth-order valence-electron chi connectivity index (χ4n) is 2.70. The van der Waals surface area contributed by atoms with Gasteiger partial charge in [0.05, 0.1) is 18.6 Å². The summed E-state index contributed by atoms with van der Waals surface area (Å²) in [6.45, 7) is 2.51. The molecule has 0 aliphatic carbocycles. The van der Waals surface area contributed by atoms with Gasteiger partial charge in [-0.05, 0) is 29.3 Å². The first-order valence-corrected chi connectivity index (χ1v) is 9.71. The van der Waals surface area contributed by atoms with Crippen LogP contribution in [0.25, 0.3) is 21.3 Å². The molecule has 0 spiro atoms. The monoisotopic (exact) mass is 411 g/mol. The maximum absolute atomic E-state index is 6.19. The summed E-state index contributed by atoms with van der Waals surface area (Å²) in [6.07, 6.45) is 0. The lowest BCUT2D eigenvalue weighted by atomic mass is 10.1. The zero-order valence-corrected chi connectivity index (χ0v) is 16.9. The van der Waals surface area contributed by atoms with Gasteiger partial charge in [-0.3, -0.25) is 0 Å². The number of benzene rings is 1. The van der Waals surface area contributed by atoms with E-state index in [2.05, 4.69) is 20.2 Å². The van der Waals surface area contributed by atoms with Crippen LogP contribution in [-0.2, 0) is 9.47 Å². The summed E-state index contributed by atoms with van der Waals surface area (Å²) in [5.74, 6) is 0.792. The molecule has 0 unspecified atom stereocenters. The quantitative estimate of drug-likeness (QED) is 0.499. The van der Waals surface area contributed by atoms with Crippen LogP contribution in [-0.4, -0.2) is 50.5 Å². The van der Waals surface area contributed by atoms with Crippen LogP contribution < -0.4 is 4.90 Å². The molecule has 0 fully saturated rings. The Morgan fingerprint density at radius 3 is 2.27 bits per heavy atom. The highest BCUT2D eigenvalue weighted by Gasteiger charge is 2.19. The highest BCUT2D eigenvalue weighted by Crippen LogP contribution is 2.39. The second-order valence-electron chi connectivity index (χ2n) is 5.63. The van der Waals surface area contributed by atoms with E-state index in [1.54, 1.807) is 25.6 Å². The first kappa shape index (κ1) is 19.3. The van der Waals surface area contributed by atoms with Crippen LogP contribution in [0, 0.1) is 0 Å². The summed E-state index contributed by atoms with van der Waals surface area (Å²) >= 11 is 13.8.